The van der Waals surface area contributed by atoms with Crippen molar-refractivity contribution in [1.29, 1.82) is 0 Å². The Morgan fingerprint density at radius 3 is 2.67 bits per heavy atom. The summed E-state index contributed by atoms with van der Waals surface area (Å²) in [6.45, 7) is 2.09. The van der Waals surface area contributed by atoms with Gasteiger partial charge in [0, 0.05) is 6.07 Å². The van der Waals surface area contributed by atoms with Crippen LogP contribution in [0, 0.1) is 10.1 Å². The van der Waals surface area contributed by atoms with Gasteiger partial charge in [-0.2, -0.15) is 0 Å². The van der Waals surface area contributed by atoms with E-state index in [1.807, 2.05) is 0 Å². The summed E-state index contributed by atoms with van der Waals surface area (Å²) in [7, 11) is 0. The fourth-order valence-electron chi connectivity index (χ4n) is 1.72. The molecule has 4 nitrogen and oxygen atoms in total. The third-order valence-corrected chi connectivity index (χ3v) is 2.69. The van der Waals surface area contributed by atoms with E-state index in [-0.39, 0.29) is 5.69 Å². The first-order chi connectivity index (χ1) is 8.69. The van der Waals surface area contributed by atoms with E-state index >= 15 is 0 Å². The van der Waals surface area contributed by atoms with Crippen molar-refractivity contribution in [2.45, 2.75) is 32.6 Å². The Bertz CT molecular complexity index is 452. The molecule has 0 fully saturated rings. The summed E-state index contributed by atoms with van der Waals surface area (Å²) >= 11 is 0. The average molecular weight is 247 g/mol. The van der Waals surface area contributed by atoms with Gasteiger partial charge in [0.2, 0.25) is 0 Å². The maximum atomic E-state index is 10.9. The van der Waals surface area contributed by atoms with Crippen LogP contribution in [0.2, 0.25) is 0 Å². The van der Waals surface area contributed by atoms with Gasteiger partial charge in [-0.1, -0.05) is 31.9 Å². The highest BCUT2D eigenvalue weighted by atomic mass is 16.6. The van der Waals surface area contributed by atoms with Crippen LogP contribution in [0.3, 0.4) is 0 Å². The number of aldehydes is 1. The van der Waals surface area contributed by atoms with Crippen molar-refractivity contribution in [3.63, 3.8) is 0 Å². The number of nitrogens with zero attached hydrogens (tertiary/aromatic N) is 1. The standard InChI is InChI=1S/C14H17NO3/c1-2-3-4-7-12(11-16)10-13-8-5-6-9-14(13)15(17)18/h5-6,8-11H,2-4,7H2,1H3/b12-10+. The van der Waals surface area contributed by atoms with Crippen molar-refractivity contribution >= 4 is 18.0 Å². The molecule has 0 bridgehead atoms. The Morgan fingerprint density at radius 1 is 1.33 bits per heavy atom. The van der Waals surface area contributed by atoms with Crippen LogP contribution in [0.15, 0.2) is 29.8 Å². The third-order valence-electron chi connectivity index (χ3n) is 2.69. The molecular formula is C14H17NO3. The SMILES string of the molecule is CCCCC/C(C=O)=C\c1ccccc1[N+](=O)[O-]. The van der Waals surface area contributed by atoms with Gasteiger partial charge in [0.25, 0.3) is 5.69 Å². The molecule has 0 heterocycles. The van der Waals surface area contributed by atoms with E-state index in [1.165, 1.54) is 6.07 Å². The quantitative estimate of drug-likeness (QED) is 0.242. The van der Waals surface area contributed by atoms with Crippen LogP contribution in [0.1, 0.15) is 38.2 Å². The summed E-state index contributed by atoms with van der Waals surface area (Å²) in [6, 6.07) is 6.45. The molecule has 1 rings (SSSR count). The molecule has 0 saturated carbocycles. The summed E-state index contributed by atoms with van der Waals surface area (Å²) in [4.78, 5) is 21.4. The molecule has 4 heteroatoms. The van der Waals surface area contributed by atoms with E-state index in [2.05, 4.69) is 6.92 Å². The normalized spacial score (nSPS) is 11.3. The number of benzene rings is 1. The summed E-state index contributed by atoms with van der Waals surface area (Å²) in [6.07, 6.45) is 6.14. The lowest BCUT2D eigenvalue weighted by molar-refractivity contribution is -0.385. The van der Waals surface area contributed by atoms with Crippen LogP contribution in [-0.2, 0) is 4.79 Å². The zero-order chi connectivity index (χ0) is 13.4. The number of allylic oxidation sites excluding steroid dienone is 1. The molecule has 0 amide bonds. The molecule has 0 aliphatic heterocycles. The molecule has 18 heavy (non-hydrogen) atoms. The Balaban J connectivity index is 2.91. The van der Waals surface area contributed by atoms with Gasteiger partial charge in [0.05, 0.1) is 10.5 Å². The third kappa shape index (κ3) is 4.13. The van der Waals surface area contributed by atoms with E-state index in [4.69, 9.17) is 0 Å². The molecule has 96 valence electrons. The van der Waals surface area contributed by atoms with Crippen molar-refractivity contribution < 1.29 is 9.72 Å². The second kappa shape index (κ2) is 7.37. The van der Waals surface area contributed by atoms with E-state index in [9.17, 15) is 14.9 Å². The molecule has 0 spiro atoms. The highest BCUT2D eigenvalue weighted by Crippen LogP contribution is 2.21. The van der Waals surface area contributed by atoms with Gasteiger partial charge in [-0.05, 0) is 30.6 Å². The number of carbonyl (C=O) groups is 1. The molecule has 0 saturated heterocycles. The van der Waals surface area contributed by atoms with Crippen molar-refractivity contribution in [2.75, 3.05) is 0 Å². The van der Waals surface area contributed by atoms with Crippen LogP contribution >= 0.6 is 0 Å². The van der Waals surface area contributed by atoms with Crippen LogP contribution < -0.4 is 0 Å². The molecule has 1 aromatic rings. The Kier molecular flexibility index (Phi) is 5.77. The van der Waals surface area contributed by atoms with Crippen LogP contribution in [0.4, 0.5) is 5.69 Å². The van der Waals surface area contributed by atoms with Crippen molar-refractivity contribution in [3.05, 3.63) is 45.5 Å². The summed E-state index contributed by atoms with van der Waals surface area (Å²) in [5, 5.41) is 10.8. The Labute approximate surface area is 106 Å². The van der Waals surface area contributed by atoms with E-state index in [1.54, 1.807) is 24.3 Å². The molecule has 0 unspecified atom stereocenters. The fraction of sp³-hybridized carbons (Fsp3) is 0.357. The number of rotatable bonds is 7. The number of nitro groups is 1. The minimum atomic E-state index is -0.430. The second-order valence-corrected chi connectivity index (χ2v) is 4.11. The van der Waals surface area contributed by atoms with Crippen molar-refractivity contribution in [1.82, 2.24) is 0 Å². The number of nitro benzene ring substituents is 1. The molecular weight excluding hydrogens is 230 g/mol. The molecule has 1 aromatic carbocycles. The van der Waals surface area contributed by atoms with Gasteiger partial charge in [0.1, 0.15) is 6.29 Å². The molecule has 0 atom stereocenters. The molecule has 0 N–H and O–H groups in total. The predicted molar refractivity (Wildman–Crippen MR) is 71.3 cm³/mol. The number of carbonyl (C=O) groups excluding carboxylic acids is 1. The zero-order valence-corrected chi connectivity index (χ0v) is 10.5. The predicted octanol–water partition coefficient (Wildman–Crippen LogP) is 3.76. The highest BCUT2D eigenvalue weighted by Gasteiger charge is 2.10. The minimum Gasteiger partial charge on any atom is -0.298 e. The number of hydrogen-bond acceptors (Lipinski definition) is 3. The van der Waals surface area contributed by atoms with Crippen molar-refractivity contribution in [2.24, 2.45) is 0 Å². The molecule has 0 aliphatic carbocycles. The van der Waals surface area contributed by atoms with Crippen molar-refractivity contribution in [3.8, 4) is 0 Å². The lowest BCUT2D eigenvalue weighted by Gasteiger charge is -2.01. The summed E-state index contributed by atoms with van der Waals surface area (Å²) in [5.41, 5.74) is 1.13. The molecule has 0 aromatic heterocycles. The number of para-hydroxylation sites is 1. The van der Waals surface area contributed by atoms with Crippen LogP contribution in [0.25, 0.3) is 6.08 Å². The smallest absolute Gasteiger partial charge is 0.276 e. The van der Waals surface area contributed by atoms with E-state index in [0.717, 1.165) is 25.5 Å². The Hall–Kier alpha value is -1.97. The van der Waals surface area contributed by atoms with E-state index in [0.29, 0.717) is 17.6 Å². The first kappa shape index (κ1) is 14.1. The second-order valence-electron chi connectivity index (χ2n) is 4.11. The monoisotopic (exact) mass is 247 g/mol. The van der Waals surface area contributed by atoms with Gasteiger partial charge >= 0.3 is 0 Å². The van der Waals surface area contributed by atoms with E-state index < -0.39 is 4.92 Å². The van der Waals surface area contributed by atoms with Gasteiger partial charge in [0.15, 0.2) is 0 Å². The molecule has 0 aliphatic rings. The first-order valence-corrected chi connectivity index (χ1v) is 6.08. The average Bonchev–Trinajstić information content (AvgIpc) is 2.38. The largest absolute Gasteiger partial charge is 0.298 e. The lowest BCUT2D eigenvalue weighted by Crippen LogP contribution is -1.92. The Morgan fingerprint density at radius 2 is 2.06 bits per heavy atom. The molecule has 0 radical (unpaired) electrons. The van der Waals surface area contributed by atoms with Crippen LogP contribution in [-0.4, -0.2) is 11.2 Å². The van der Waals surface area contributed by atoms with Crippen LogP contribution in [0.5, 0.6) is 0 Å². The summed E-state index contributed by atoms with van der Waals surface area (Å²) < 4.78 is 0. The summed E-state index contributed by atoms with van der Waals surface area (Å²) in [5.74, 6) is 0. The number of unbranched alkanes of at least 4 members (excludes halogenated alkanes) is 2. The maximum Gasteiger partial charge on any atom is 0.276 e. The topological polar surface area (TPSA) is 60.2 Å². The lowest BCUT2D eigenvalue weighted by atomic mass is 10.0. The van der Waals surface area contributed by atoms with Gasteiger partial charge < -0.3 is 0 Å². The highest BCUT2D eigenvalue weighted by molar-refractivity contribution is 5.83. The van der Waals surface area contributed by atoms with Gasteiger partial charge in [-0.3, -0.25) is 14.9 Å². The number of hydrogen-bond donors (Lipinski definition) is 0. The fourth-order valence-corrected chi connectivity index (χ4v) is 1.72. The maximum absolute atomic E-state index is 10.9. The zero-order valence-electron chi connectivity index (χ0n) is 10.5. The minimum absolute atomic E-state index is 0.0346. The van der Waals surface area contributed by atoms with Gasteiger partial charge in [-0.15, -0.1) is 0 Å². The van der Waals surface area contributed by atoms with Gasteiger partial charge in [-0.25, -0.2) is 0 Å². The first-order valence-electron chi connectivity index (χ1n) is 6.08.